The molecule has 0 amide bonds. The van der Waals surface area contributed by atoms with Crippen molar-refractivity contribution in [3.05, 3.63) is 35.6 Å². The molecule has 6 heteroatoms. The predicted molar refractivity (Wildman–Crippen MR) is 70.6 cm³/mol. The molecular weight excluding hydrogens is 265 g/mol. The van der Waals surface area contributed by atoms with Crippen molar-refractivity contribution >= 4 is 0 Å². The Labute approximate surface area is 116 Å². The van der Waals surface area contributed by atoms with E-state index in [0.29, 0.717) is 18.5 Å². The maximum atomic E-state index is 13.5. The minimum absolute atomic E-state index is 0.137. The summed E-state index contributed by atoms with van der Waals surface area (Å²) in [5.41, 5.74) is 0.541. The van der Waals surface area contributed by atoms with Gasteiger partial charge >= 0.3 is 0 Å². The zero-order chi connectivity index (χ0) is 14.7. The third-order valence-electron chi connectivity index (χ3n) is 3.84. The Morgan fingerprint density at radius 1 is 1.15 bits per heavy atom. The summed E-state index contributed by atoms with van der Waals surface area (Å²) in [5.74, 6) is -0.300. The lowest BCUT2D eigenvalue weighted by molar-refractivity contribution is -0.144. The van der Waals surface area contributed by atoms with Gasteiger partial charge in [-0.2, -0.15) is 0 Å². The smallest absolute Gasteiger partial charge is 0.126 e. The summed E-state index contributed by atoms with van der Waals surface area (Å²) >= 11 is 0. The number of piperidine rings is 1. The number of aliphatic hydroxyl groups excluding tert-OH is 4. The lowest BCUT2D eigenvalue weighted by atomic mass is 9.94. The number of benzene rings is 1. The van der Waals surface area contributed by atoms with Crippen molar-refractivity contribution in [1.29, 1.82) is 0 Å². The fraction of sp³-hybridized carbons (Fsp3) is 0.571. The van der Waals surface area contributed by atoms with Crippen molar-refractivity contribution in [3.63, 3.8) is 0 Å². The summed E-state index contributed by atoms with van der Waals surface area (Å²) in [4.78, 5) is 1.68. The molecule has 0 aromatic heterocycles. The standard InChI is InChI=1S/C14H20FNO4/c15-10-4-2-1-3-9(10)5-6-16-7-12(18)14(20)13(19)11(16)8-17/h1-4,11-14,17-20H,5-8H2/t11-,12+,13-,14-/m1/s1. The second-order valence-electron chi connectivity index (χ2n) is 5.13. The zero-order valence-electron chi connectivity index (χ0n) is 11.1. The highest BCUT2D eigenvalue weighted by molar-refractivity contribution is 5.17. The molecule has 1 aliphatic heterocycles. The summed E-state index contributed by atoms with van der Waals surface area (Å²) in [6.07, 6.45) is -3.16. The average Bonchev–Trinajstić information content (AvgIpc) is 2.44. The van der Waals surface area contributed by atoms with Crippen LogP contribution in [-0.4, -0.2) is 69.4 Å². The first-order valence-electron chi connectivity index (χ1n) is 6.67. The van der Waals surface area contributed by atoms with Gasteiger partial charge in [0.2, 0.25) is 0 Å². The number of halogens is 1. The largest absolute Gasteiger partial charge is 0.395 e. The first-order chi connectivity index (χ1) is 9.54. The van der Waals surface area contributed by atoms with E-state index in [1.54, 1.807) is 23.1 Å². The van der Waals surface area contributed by atoms with Crippen LogP contribution in [-0.2, 0) is 6.42 Å². The van der Waals surface area contributed by atoms with Crippen molar-refractivity contribution in [2.75, 3.05) is 19.7 Å². The Hall–Kier alpha value is -1.05. The number of hydrogen-bond acceptors (Lipinski definition) is 5. The third kappa shape index (κ3) is 3.16. The molecule has 0 bridgehead atoms. The summed E-state index contributed by atoms with van der Waals surface area (Å²) in [7, 11) is 0. The zero-order valence-corrected chi connectivity index (χ0v) is 11.1. The van der Waals surface area contributed by atoms with Gasteiger partial charge in [-0.25, -0.2) is 4.39 Å². The molecular formula is C14H20FNO4. The van der Waals surface area contributed by atoms with E-state index in [2.05, 4.69) is 0 Å². The number of likely N-dealkylation sites (tertiary alicyclic amines) is 1. The molecule has 112 valence electrons. The third-order valence-corrected chi connectivity index (χ3v) is 3.84. The monoisotopic (exact) mass is 285 g/mol. The Morgan fingerprint density at radius 2 is 1.85 bits per heavy atom. The van der Waals surface area contributed by atoms with Crippen molar-refractivity contribution < 1.29 is 24.8 Å². The topological polar surface area (TPSA) is 84.2 Å². The maximum Gasteiger partial charge on any atom is 0.126 e. The van der Waals surface area contributed by atoms with Gasteiger partial charge in [-0.1, -0.05) is 18.2 Å². The number of nitrogens with zero attached hydrogens (tertiary/aromatic N) is 1. The van der Waals surface area contributed by atoms with Gasteiger partial charge in [0.25, 0.3) is 0 Å². The average molecular weight is 285 g/mol. The fourth-order valence-electron chi connectivity index (χ4n) is 2.60. The molecule has 0 aliphatic carbocycles. The molecule has 20 heavy (non-hydrogen) atoms. The van der Waals surface area contributed by atoms with E-state index in [-0.39, 0.29) is 19.0 Å². The molecule has 2 rings (SSSR count). The van der Waals surface area contributed by atoms with Gasteiger partial charge in [-0.15, -0.1) is 0 Å². The van der Waals surface area contributed by atoms with Gasteiger partial charge < -0.3 is 20.4 Å². The number of β-amino-alcohol motifs (C(OH)–C–C–N with tert-alkyl or cyclic N) is 1. The van der Waals surface area contributed by atoms with Crippen molar-refractivity contribution in [2.45, 2.75) is 30.8 Å². The van der Waals surface area contributed by atoms with Crippen LogP contribution in [0.15, 0.2) is 24.3 Å². The molecule has 5 nitrogen and oxygen atoms in total. The Morgan fingerprint density at radius 3 is 2.50 bits per heavy atom. The molecule has 1 aromatic rings. The van der Waals surface area contributed by atoms with Crippen LogP contribution in [0, 0.1) is 5.82 Å². The van der Waals surface area contributed by atoms with Gasteiger partial charge in [-0.05, 0) is 18.1 Å². The van der Waals surface area contributed by atoms with Crippen LogP contribution in [0.2, 0.25) is 0 Å². The lowest BCUT2D eigenvalue weighted by Crippen LogP contribution is -2.62. The van der Waals surface area contributed by atoms with Gasteiger partial charge in [0.15, 0.2) is 0 Å². The van der Waals surface area contributed by atoms with Gasteiger partial charge in [-0.3, -0.25) is 4.90 Å². The van der Waals surface area contributed by atoms with Crippen LogP contribution in [0.25, 0.3) is 0 Å². The molecule has 1 heterocycles. The van der Waals surface area contributed by atoms with Crippen molar-refractivity contribution in [3.8, 4) is 0 Å². The second kappa shape index (κ2) is 6.60. The maximum absolute atomic E-state index is 13.5. The van der Waals surface area contributed by atoms with Gasteiger partial charge in [0, 0.05) is 13.1 Å². The minimum Gasteiger partial charge on any atom is -0.395 e. The molecule has 0 unspecified atom stereocenters. The lowest BCUT2D eigenvalue weighted by Gasteiger charge is -2.43. The minimum atomic E-state index is -1.27. The number of hydrogen-bond donors (Lipinski definition) is 4. The normalized spacial score (nSPS) is 31.4. The first-order valence-corrected chi connectivity index (χ1v) is 6.67. The van der Waals surface area contributed by atoms with Crippen LogP contribution in [0.1, 0.15) is 5.56 Å². The SMILES string of the molecule is OC[C@@H]1[C@@H](O)[C@H](O)[C@@H](O)CN1CCc1ccccc1F. The summed E-state index contributed by atoms with van der Waals surface area (Å²) in [6, 6.07) is 5.75. The molecule has 1 saturated heterocycles. The van der Waals surface area contributed by atoms with Crippen LogP contribution in [0.3, 0.4) is 0 Å². The summed E-state index contributed by atoms with van der Waals surface area (Å²) < 4.78 is 13.5. The van der Waals surface area contributed by atoms with E-state index in [1.165, 1.54) is 6.07 Å². The van der Waals surface area contributed by atoms with E-state index in [1.807, 2.05) is 0 Å². The van der Waals surface area contributed by atoms with E-state index in [0.717, 1.165) is 0 Å². The van der Waals surface area contributed by atoms with Crippen LogP contribution in [0.4, 0.5) is 4.39 Å². The highest BCUT2D eigenvalue weighted by Crippen LogP contribution is 2.19. The van der Waals surface area contributed by atoms with Gasteiger partial charge in [0.1, 0.15) is 18.0 Å². The number of aliphatic hydroxyl groups is 4. The Balaban J connectivity index is 2.02. The molecule has 1 aromatic carbocycles. The molecule has 4 N–H and O–H groups in total. The van der Waals surface area contributed by atoms with Crippen LogP contribution >= 0.6 is 0 Å². The molecule has 0 spiro atoms. The highest BCUT2D eigenvalue weighted by atomic mass is 19.1. The Bertz CT molecular complexity index is 445. The van der Waals surface area contributed by atoms with E-state index in [4.69, 9.17) is 0 Å². The Kier molecular flexibility index (Phi) is 5.06. The predicted octanol–water partition coefficient (Wildman–Crippen LogP) is -0.873. The van der Waals surface area contributed by atoms with Crippen LogP contribution in [0.5, 0.6) is 0 Å². The summed E-state index contributed by atoms with van der Waals surface area (Å²) in [5, 5.41) is 38.4. The highest BCUT2D eigenvalue weighted by Gasteiger charge is 2.40. The molecule has 1 aliphatic rings. The fourth-order valence-corrected chi connectivity index (χ4v) is 2.60. The molecule has 0 saturated carbocycles. The quantitative estimate of drug-likeness (QED) is 0.578. The second-order valence-corrected chi connectivity index (χ2v) is 5.13. The molecule has 4 atom stereocenters. The summed E-state index contributed by atoms with van der Waals surface area (Å²) in [6.45, 7) is 0.188. The number of rotatable bonds is 4. The van der Waals surface area contributed by atoms with Crippen molar-refractivity contribution in [1.82, 2.24) is 4.90 Å². The van der Waals surface area contributed by atoms with Crippen LogP contribution < -0.4 is 0 Å². The van der Waals surface area contributed by atoms with Crippen molar-refractivity contribution in [2.24, 2.45) is 0 Å². The van der Waals surface area contributed by atoms with E-state index >= 15 is 0 Å². The molecule has 0 radical (unpaired) electrons. The van der Waals surface area contributed by atoms with E-state index in [9.17, 15) is 24.8 Å². The molecule has 1 fully saturated rings. The van der Waals surface area contributed by atoms with Gasteiger partial charge in [0.05, 0.1) is 18.8 Å². The van der Waals surface area contributed by atoms with E-state index < -0.39 is 24.4 Å². The first kappa shape index (κ1) is 15.3.